The van der Waals surface area contributed by atoms with Gasteiger partial charge in [0.15, 0.2) is 0 Å². The molecule has 4 nitrogen and oxygen atoms in total. The summed E-state index contributed by atoms with van der Waals surface area (Å²) in [7, 11) is -3.53. The fourth-order valence-corrected chi connectivity index (χ4v) is 3.55. The molecule has 5 heteroatoms. The standard InChI is InChI=1S/C16H15NO3S/c1-12-7-9-14(10-8-12)21(18,19)16-11-15(17-20-16)13-5-3-2-4-6-13/h2-10,16H,11H2,1H3/t16-/m1/s1. The molecule has 0 N–H and O–H groups in total. The van der Waals surface area contributed by atoms with Gasteiger partial charge in [-0.15, -0.1) is 0 Å². The van der Waals surface area contributed by atoms with Crippen LogP contribution in [0.1, 0.15) is 17.5 Å². The van der Waals surface area contributed by atoms with Crippen LogP contribution in [-0.2, 0) is 14.7 Å². The lowest BCUT2D eigenvalue weighted by molar-refractivity contribution is 0.140. The number of oxime groups is 1. The first kappa shape index (κ1) is 13.8. The molecule has 0 unspecified atom stereocenters. The van der Waals surface area contributed by atoms with E-state index in [-0.39, 0.29) is 11.3 Å². The molecule has 1 atom stereocenters. The second-order valence-electron chi connectivity index (χ2n) is 5.00. The van der Waals surface area contributed by atoms with Crippen molar-refractivity contribution in [3.8, 4) is 0 Å². The van der Waals surface area contributed by atoms with Crippen LogP contribution < -0.4 is 0 Å². The van der Waals surface area contributed by atoms with E-state index in [1.54, 1.807) is 24.3 Å². The zero-order chi connectivity index (χ0) is 14.9. The first-order valence-electron chi connectivity index (χ1n) is 6.66. The van der Waals surface area contributed by atoms with Gasteiger partial charge in [0.2, 0.25) is 15.3 Å². The Bertz CT molecular complexity index is 765. The van der Waals surface area contributed by atoms with Crippen LogP contribution in [-0.4, -0.2) is 19.6 Å². The second-order valence-corrected chi connectivity index (χ2v) is 7.09. The smallest absolute Gasteiger partial charge is 0.237 e. The normalized spacial score (nSPS) is 18.1. The Morgan fingerprint density at radius 1 is 1.05 bits per heavy atom. The molecule has 0 bridgehead atoms. The van der Waals surface area contributed by atoms with E-state index in [1.807, 2.05) is 37.3 Å². The van der Waals surface area contributed by atoms with Crippen LogP contribution in [0, 0.1) is 6.92 Å². The molecule has 0 saturated heterocycles. The van der Waals surface area contributed by atoms with Gasteiger partial charge in [0, 0.05) is 6.42 Å². The molecule has 1 heterocycles. The number of nitrogens with zero attached hydrogens (tertiary/aromatic N) is 1. The Morgan fingerprint density at radius 3 is 2.38 bits per heavy atom. The van der Waals surface area contributed by atoms with Gasteiger partial charge in [-0.25, -0.2) is 8.42 Å². The van der Waals surface area contributed by atoms with Gasteiger partial charge in [-0.05, 0) is 24.6 Å². The van der Waals surface area contributed by atoms with Crippen molar-refractivity contribution >= 4 is 15.5 Å². The molecular formula is C16H15NO3S. The van der Waals surface area contributed by atoms with Crippen molar-refractivity contribution in [1.29, 1.82) is 0 Å². The lowest BCUT2D eigenvalue weighted by Crippen LogP contribution is -2.21. The summed E-state index contributed by atoms with van der Waals surface area (Å²) in [4.78, 5) is 5.44. The van der Waals surface area contributed by atoms with E-state index in [2.05, 4.69) is 5.16 Å². The number of benzene rings is 2. The third-order valence-electron chi connectivity index (χ3n) is 3.44. The van der Waals surface area contributed by atoms with E-state index < -0.39 is 15.3 Å². The Labute approximate surface area is 124 Å². The molecule has 1 aliphatic rings. The number of rotatable bonds is 3. The number of sulfone groups is 1. The van der Waals surface area contributed by atoms with Crippen LogP contribution in [0.15, 0.2) is 64.6 Å². The first-order valence-corrected chi connectivity index (χ1v) is 8.21. The fourth-order valence-electron chi connectivity index (χ4n) is 2.20. The summed E-state index contributed by atoms with van der Waals surface area (Å²) in [5, 5.41) is 3.93. The third kappa shape index (κ3) is 2.69. The summed E-state index contributed by atoms with van der Waals surface area (Å²) >= 11 is 0. The van der Waals surface area contributed by atoms with Crippen molar-refractivity contribution in [2.24, 2.45) is 5.16 Å². The van der Waals surface area contributed by atoms with Crippen molar-refractivity contribution in [3.05, 3.63) is 65.7 Å². The van der Waals surface area contributed by atoms with Crippen molar-refractivity contribution < 1.29 is 13.3 Å². The Morgan fingerprint density at radius 2 is 1.71 bits per heavy atom. The van der Waals surface area contributed by atoms with Gasteiger partial charge in [0.05, 0.1) is 10.6 Å². The van der Waals surface area contributed by atoms with Crippen molar-refractivity contribution in [1.82, 2.24) is 0 Å². The zero-order valence-electron chi connectivity index (χ0n) is 11.6. The molecule has 3 rings (SSSR count). The van der Waals surface area contributed by atoms with Gasteiger partial charge < -0.3 is 4.84 Å². The maximum absolute atomic E-state index is 12.5. The summed E-state index contributed by atoms with van der Waals surface area (Å²) in [5.74, 6) is 0. The Balaban J connectivity index is 1.82. The quantitative estimate of drug-likeness (QED) is 0.876. The van der Waals surface area contributed by atoms with Crippen LogP contribution in [0.3, 0.4) is 0 Å². The molecule has 0 aliphatic carbocycles. The summed E-state index contributed by atoms with van der Waals surface area (Å²) in [5.41, 5.74) is 1.62. The maximum Gasteiger partial charge on any atom is 0.237 e. The van der Waals surface area contributed by atoms with E-state index in [1.165, 1.54) is 0 Å². The summed E-state index contributed by atoms with van der Waals surface area (Å²) in [6.45, 7) is 1.92. The van der Waals surface area contributed by atoms with Gasteiger partial charge in [0.1, 0.15) is 0 Å². The van der Waals surface area contributed by atoms with Gasteiger partial charge in [-0.2, -0.15) is 0 Å². The average molecular weight is 301 g/mol. The lowest BCUT2D eigenvalue weighted by Gasteiger charge is -2.10. The van der Waals surface area contributed by atoms with Crippen molar-refractivity contribution in [3.63, 3.8) is 0 Å². The van der Waals surface area contributed by atoms with Gasteiger partial charge in [-0.1, -0.05) is 53.2 Å². The number of aryl methyl sites for hydroxylation is 1. The zero-order valence-corrected chi connectivity index (χ0v) is 12.4. The molecule has 2 aromatic rings. The summed E-state index contributed by atoms with van der Waals surface area (Å²) in [6, 6.07) is 16.2. The lowest BCUT2D eigenvalue weighted by atomic mass is 10.1. The topological polar surface area (TPSA) is 55.7 Å². The highest BCUT2D eigenvalue weighted by atomic mass is 32.2. The first-order chi connectivity index (χ1) is 10.1. The molecule has 0 saturated carbocycles. The van der Waals surface area contributed by atoms with E-state index in [0.29, 0.717) is 5.71 Å². The van der Waals surface area contributed by atoms with E-state index >= 15 is 0 Å². The van der Waals surface area contributed by atoms with E-state index in [9.17, 15) is 8.42 Å². The SMILES string of the molecule is Cc1ccc(S(=O)(=O)[C@@H]2CC(c3ccccc3)=NO2)cc1. The molecule has 0 amide bonds. The van der Waals surface area contributed by atoms with E-state index in [0.717, 1.165) is 11.1 Å². The molecule has 0 fully saturated rings. The highest BCUT2D eigenvalue weighted by molar-refractivity contribution is 7.92. The van der Waals surface area contributed by atoms with E-state index in [4.69, 9.17) is 4.84 Å². The highest BCUT2D eigenvalue weighted by Gasteiger charge is 2.35. The number of hydrogen-bond donors (Lipinski definition) is 0. The van der Waals surface area contributed by atoms with Crippen LogP contribution in [0.5, 0.6) is 0 Å². The third-order valence-corrected chi connectivity index (χ3v) is 5.32. The van der Waals surface area contributed by atoms with Crippen LogP contribution >= 0.6 is 0 Å². The van der Waals surface area contributed by atoms with Crippen LogP contribution in [0.25, 0.3) is 0 Å². The van der Waals surface area contributed by atoms with Gasteiger partial charge >= 0.3 is 0 Å². The van der Waals surface area contributed by atoms with Crippen molar-refractivity contribution in [2.45, 2.75) is 23.7 Å². The summed E-state index contributed by atoms with van der Waals surface area (Å²) in [6.07, 6.45) is 0.264. The van der Waals surface area contributed by atoms with Gasteiger partial charge in [0.25, 0.3) is 0 Å². The average Bonchev–Trinajstić information content (AvgIpc) is 2.99. The number of hydrogen-bond acceptors (Lipinski definition) is 4. The molecule has 0 spiro atoms. The van der Waals surface area contributed by atoms with Crippen LogP contribution in [0.4, 0.5) is 0 Å². The molecular weight excluding hydrogens is 286 g/mol. The predicted molar refractivity (Wildman–Crippen MR) is 80.8 cm³/mol. The minimum atomic E-state index is -3.53. The minimum Gasteiger partial charge on any atom is -0.375 e. The monoisotopic (exact) mass is 301 g/mol. The molecule has 108 valence electrons. The predicted octanol–water partition coefficient (Wildman–Crippen LogP) is 2.92. The fraction of sp³-hybridized carbons (Fsp3) is 0.188. The molecule has 21 heavy (non-hydrogen) atoms. The van der Waals surface area contributed by atoms with Crippen molar-refractivity contribution in [2.75, 3.05) is 0 Å². The molecule has 0 aromatic heterocycles. The molecule has 2 aromatic carbocycles. The minimum absolute atomic E-state index is 0.264. The van der Waals surface area contributed by atoms with Crippen LogP contribution in [0.2, 0.25) is 0 Å². The second kappa shape index (κ2) is 5.33. The molecule has 1 aliphatic heterocycles. The molecule has 0 radical (unpaired) electrons. The summed E-state index contributed by atoms with van der Waals surface area (Å²) < 4.78 is 25.0. The Kier molecular flexibility index (Phi) is 3.51. The largest absolute Gasteiger partial charge is 0.375 e. The maximum atomic E-state index is 12.5. The Hall–Kier alpha value is -2.14. The van der Waals surface area contributed by atoms with Gasteiger partial charge in [-0.3, -0.25) is 0 Å². The highest BCUT2D eigenvalue weighted by Crippen LogP contribution is 2.26.